The quantitative estimate of drug-likeness (QED) is 0.366. The second kappa shape index (κ2) is 9.42. The van der Waals surface area contributed by atoms with Gasteiger partial charge in [0.1, 0.15) is 11.8 Å². The highest BCUT2D eigenvalue weighted by Crippen LogP contribution is 2.49. The van der Waals surface area contributed by atoms with Crippen LogP contribution in [0.4, 0.5) is 0 Å². The Kier molecular flexibility index (Phi) is 6.05. The van der Waals surface area contributed by atoms with Crippen molar-refractivity contribution in [1.82, 2.24) is 19.5 Å². The Hall–Kier alpha value is -3.35. The van der Waals surface area contributed by atoms with Gasteiger partial charge < -0.3 is 14.0 Å². The van der Waals surface area contributed by atoms with E-state index in [0.29, 0.717) is 26.4 Å². The van der Waals surface area contributed by atoms with Gasteiger partial charge in [-0.15, -0.1) is 0 Å². The molecular weight excluding hydrogens is 400 g/mol. The third-order valence-electron chi connectivity index (χ3n) is 6.15. The third kappa shape index (κ3) is 4.20. The normalized spacial score (nSPS) is 20.4. The Morgan fingerprint density at radius 3 is 2.19 bits per heavy atom. The van der Waals surface area contributed by atoms with Gasteiger partial charge in [-0.3, -0.25) is 0 Å². The molecule has 4 aromatic rings. The lowest BCUT2D eigenvalue weighted by molar-refractivity contribution is -0.0163. The summed E-state index contributed by atoms with van der Waals surface area (Å²) in [7, 11) is 0. The molecule has 1 aliphatic rings. The summed E-state index contributed by atoms with van der Waals surface area (Å²) in [5.41, 5.74) is 5.07. The number of aromatic nitrogens is 4. The second-order valence-corrected chi connectivity index (χ2v) is 8.17. The zero-order valence-electron chi connectivity index (χ0n) is 17.9. The molecule has 0 saturated heterocycles. The van der Waals surface area contributed by atoms with E-state index in [2.05, 4.69) is 50.4 Å². The van der Waals surface area contributed by atoms with Crippen LogP contribution in [0.25, 0.3) is 11.2 Å². The monoisotopic (exact) mass is 426 g/mol. The van der Waals surface area contributed by atoms with Crippen LogP contribution in [-0.4, -0.2) is 32.7 Å². The molecule has 2 heterocycles. The maximum atomic E-state index is 6.14. The first-order valence-electron chi connectivity index (χ1n) is 10.9. The molecule has 1 aliphatic carbocycles. The lowest BCUT2D eigenvalue weighted by Crippen LogP contribution is -2.45. The number of imidazole rings is 1. The zero-order valence-corrected chi connectivity index (χ0v) is 17.9. The van der Waals surface area contributed by atoms with Crippen LogP contribution in [0.15, 0.2) is 91.7 Å². The first kappa shape index (κ1) is 20.5. The van der Waals surface area contributed by atoms with Crippen LogP contribution in [0.1, 0.15) is 17.2 Å². The van der Waals surface area contributed by atoms with Crippen molar-refractivity contribution >= 4 is 11.2 Å². The average Bonchev–Trinajstić information content (AvgIpc) is 3.26. The van der Waals surface area contributed by atoms with Crippen molar-refractivity contribution in [3.63, 3.8) is 0 Å². The summed E-state index contributed by atoms with van der Waals surface area (Å²) in [5.74, 6) is 0.452. The van der Waals surface area contributed by atoms with E-state index in [-0.39, 0.29) is 17.9 Å². The third-order valence-corrected chi connectivity index (χ3v) is 6.15. The van der Waals surface area contributed by atoms with Crippen LogP contribution in [0, 0.1) is 11.8 Å². The van der Waals surface area contributed by atoms with E-state index in [1.807, 2.05) is 42.7 Å². The van der Waals surface area contributed by atoms with E-state index < -0.39 is 0 Å². The molecule has 0 N–H and O–H groups in total. The Balaban J connectivity index is 1.29. The van der Waals surface area contributed by atoms with Crippen molar-refractivity contribution in [1.29, 1.82) is 0 Å². The number of rotatable bonds is 9. The van der Waals surface area contributed by atoms with Crippen LogP contribution in [0.5, 0.6) is 0 Å². The summed E-state index contributed by atoms with van der Waals surface area (Å²) in [6, 6.07) is 20.6. The molecule has 1 saturated carbocycles. The van der Waals surface area contributed by atoms with Crippen LogP contribution >= 0.6 is 0 Å². The van der Waals surface area contributed by atoms with Gasteiger partial charge in [0.2, 0.25) is 0 Å². The molecule has 0 amide bonds. The van der Waals surface area contributed by atoms with Gasteiger partial charge in [0.15, 0.2) is 5.65 Å². The molecule has 2 aromatic carbocycles. The topological polar surface area (TPSA) is 62.1 Å². The standard InChI is InChI=1S/C26H26N4O2/c1-19-22(15-31-13-20-8-4-2-5-9-20)23(16-32-14-21-10-6-3-7-11-21)25(19)30-18-29-24-12-27-17-28-26(24)30/h2-12,17-18,22-23,25H,1,13-16H2/t22-,23+,25+/m1/s1. The molecule has 6 heteroatoms. The lowest BCUT2D eigenvalue weighted by atomic mass is 9.66. The van der Waals surface area contributed by atoms with Gasteiger partial charge in [-0.1, -0.05) is 67.2 Å². The molecule has 1 fully saturated rings. The first-order valence-corrected chi connectivity index (χ1v) is 10.9. The van der Waals surface area contributed by atoms with Gasteiger partial charge >= 0.3 is 0 Å². The molecule has 5 rings (SSSR count). The molecule has 2 aromatic heterocycles. The predicted molar refractivity (Wildman–Crippen MR) is 123 cm³/mol. The second-order valence-electron chi connectivity index (χ2n) is 8.17. The zero-order chi connectivity index (χ0) is 21.8. The number of hydrogen-bond donors (Lipinski definition) is 0. The molecule has 0 unspecified atom stereocenters. The molecule has 0 radical (unpaired) electrons. The smallest absolute Gasteiger partial charge is 0.163 e. The van der Waals surface area contributed by atoms with E-state index in [9.17, 15) is 0 Å². The van der Waals surface area contributed by atoms with Crippen molar-refractivity contribution in [2.45, 2.75) is 19.3 Å². The number of benzene rings is 2. The highest BCUT2D eigenvalue weighted by molar-refractivity contribution is 5.69. The Labute approximate surface area is 187 Å². The highest BCUT2D eigenvalue weighted by atomic mass is 16.5. The number of hydrogen-bond acceptors (Lipinski definition) is 5. The van der Waals surface area contributed by atoms with Gasteiger partial charge in [0.25, 0.3) is 0 Å². The molecule has 0 aliphatic heterocycles. The molecule has 0 bridgehead atoms. The summed E-state index contributed by atoms with van der Waals surface area (Å²) >= 11 is 0. The maximum Gasteiger partial charge on any atom is 0.163 e. The minimum absolute atomic E-state index is 0.0796. The van der Waals surface area contributed by atoms with E-state index in [4.69, 9.17) is 9.47 Å². The SMILES string of the molecule is C=C1[C@@H](COCc2ccccc2)[C@H](COCc2ccccc2)[C@H]1n1cnc2cncnc21. The Bertz CT molecular complexity index is 1180. The van der Waals surface area contributed by atoms with Gasteiger partial charge in [0, 0.05) is 11.8 Å². The summed E-state index contributed by atoms with van der Waals surface area (Å²) in [6.45, 7) is 6.81. The van der Waals surface area contributed by atoms with E-state index >= 15 is 0 Å². The summed E-state index contributed by atoms with van der Waals surface area (Å²) in [6.07, 6.45) is 5.13. The Morgan fingerprint density at radius 2 is 1.50 bits per heavy atom. The number of ether oxygens (including phenoxy) is 2. The summed E-state index contributed by atoms with van der Waals surface area (Å²) in [5, 5.41) is 0. The molecular formula is C26H26N4O2. The molecule has 32 heavy (non-hydrogen) atoms. The van der Waals surface area contributed by atoms with Crippen molar-refractivity contribution in [3.8, 4) is 0 Å². The fourth-order valence-corrected chi connectivity index (χ4v) is 4.45. The van der Waals surface area contributed by atoms with Crippen molar-refractivity contribution in [2.24, 2.45) is 11.8 Å². The predicted octanol–water partition coefficient (Wildman–Crippen LogP) is 4.60. The van der Waals surface area contributed by atoms with Crippen LogP contribution in [-0.2, 0) is 22.7 Å². The van der Waals surface area contributed by atoms with Gasteiger partial charge in [0.05, 0.1) is 45.0 Å². The maximum absolute atomic E-state index is 6.14. The Morgan fingerprint density at radius 1 is 0.844 bits per heavy atom. The highest BCUT2D eigenvalue weighted by Gasteiger charge is 2.46. The van der Waals surface area contributed by atoms with Crippen molar-refractivity contribution < 1.29 is 9.47 Å². The van der Waals surface area contributed by atoms with Gasteiger partial charge in [-0.05, 0) is 16.7 Å². The molecule has 3 atom stereocenters. The van der Waals surface area contributed by atoms with Crippen molar-refractivity contribution in [3.05, 3.63) is 103 Å². The average molecular weight is 427 g/mol. The lowest BCUT2D eigenvalue weighted by Gasteiger charge is -2.47. The number of fused-ring (bicyclic) bond motifs is 1. The van der Waals surface area contributed by atoms with E-state index in [0.717, 1.165) is 16.7 Å². The van der Waals surface area contributed by atoms with Crippen LogP contribution in [0.2, 0.25) is 0 Å². The van der Waals surface area contributed by atoms with E-state index in [1.165, 1.54) is 11.1 Å². The van der Waals surface area contributed by atoms with Crippen LogP contribution in [0.3, 0.4) is 0 Å². The van der Waals surface area contributed by atoms with Gasteiger partial charge in [-0.2, -0.15) is 0 Å². The summed E-state index contributed by atoms with van der Waals surface area (Å²) in [4.78, 5) is 13.0. The largest absolute Gasteiger partial charge is 0.376 e. The fraction of sp³-hybridized carbons (Fsp3) is 0.269. The number of nitrogens with zero attached hydrogens (tertiary/aromatic N) is 4. The van der Waals surface area contributed by atoms with Gasteiger partial charge in [-0.25, -0.2) is 15.0 Å². The molecule has 0 spiro atoms. The van der Waals surface area contributed by atoms with Crippen LogP contribution < -0.4 is 0 Å². The minimum Gasteiger partial charge on any atom is -0.376 e. The summed E-state index contributed by atoms with van der Waals surface area (Å²) < 4.78 is 14.3. The van der Waals surface area contributed by atoms with Crippen molar-refractivity contribution in [2.75, 3.05) is 13.2 Å². The first-order chi connectivity index (χ1) is 15.8. The molecule has 6 nitrogen and oxygen atoms in total. The molecule has 162 valence electrons. The van der Waals surface area contributed by atoms with E-state index in [1.54, 1.807) is 12.5 Å². The minimum atomic E-state index is 0.0796. The fourth-order valence-electron chi connectivity index (χ4n) is 4.45.